The average Bonchev–Trinajstić information content (AvgIpc) is 2.75. The maximum absolute atomic E-state index is 13.2. The Bertz CT molecular complexity index is 1000. The number of amides is 1. The second-order valence-electron chi connectivity index (χ2n) is 7.15. The van der Waals surface area contributed by atoms with E-state index in [2.05, 4.69) is 5.32 Å². The molecule has 0 radical (unpaired) electrons. The van der Waals surface area contributed by atoms with Gasteiger partial charge in [0.25, 0.3) is 0 Å². The lowest BCUT2D eigenvalue weighted by Crippen LogP contribution is -2.49. The van der Waals surface area contributed by atoms with Gasteiger partial charge in [-0.3, -0.25) is 9.59 Å². The van der Waals surface area contributed by atoms with Gasteiger partial charge in [0.05, 0.1) is 11.5 Å². The molecule has 3 rings (SSSR count). The first-order valence-electron chi connectivity index (χ1n) is 9.99. The predicted octanol–water partition coefficient (Wildman–Crippen LogP) is 3.47. The maximum Gasteiger partial charge on any atom is 0.243 e. The van der Waals surface area contributed by atoms with Crippen LogP contribution in [0.1, 0.15) is 43.5 Å². The largest absolute Gasteiger partial charge is 0.494 e. The van der Waals surface area contributed by atoms with Crippen molar-refractivity contribution >= 4 is 27.4 Å². The van der Waals surface area contributed by atoms with Gasteiger partial charge in [0, 0.05) is 17.8 Å². The Morgan fingerprint density at radius 3 is 2.33 bits per heavy atom. The molecule has 1 saturated heterocycles. The normalized spacial score (nSPS) is 17.3. The van der Waals surface area contributed by atoms with E-state index in [1.165, 1.54) is 35.5 Å². The predicted molar refractivity (Wildman–Crippen MR) is 114 cm³/mol. The van der Waals surface area contributed by atoms with Gasteiger partial charge >= 0.3 is 0 Å². The molecule has 1 aliphatic heterocycles. The number of nitrogens with zero attached hydrogens (tertiary/aromatic N) is 1. The lowest BCUT2D eigenvalue weighted by molar-refractivity contribution is -0.120. The van der Waals surface area contributed by atoms with Gasteiger partial charge < -0.3 is 10.1 Å². The summed E-state index contributed by atoms with van der Waals surface area (Å²) in [7, 11) is -3.86. The highest BCUT2D eigenvalue weighted by Gasteiger charge is 2.37. The first-order valence-corrected chi connectivity index (χ1v) is 11.4. The maximum atomic E-state index is 13.2. The molecule has 1 unspecified atom stereocenters. The molecular weight excluding hydrogens is 404 g/mol. The molecule has 0 bridgehead atoms. The van der Waals surface area contributed by atoms with Crippen molar-refractivity contribution in [3.05, 3.63) is 54.1 Å². The fourth-order valence-electron chi connectivity index (χ4n) is 3.48. The number of ether oxygens (including phenoxy) is 1. The highest BCUT2D eigenvalue weighted by Crippen LogP contribution is 2.27. The Balaban J connectivity index is 1.79. The summed E-state index contributed by atoms with van der Waals surface area (Å²) in [6.45, 7) is 4.14. The number of nitrogens with one attached hydrogen (secondary N) is 1. The van der Waals surface area contributed by atoms with Crippen LogP contribution in [0.3, 0.4) is 0 Å². The molecule has 1 heterocycles. The van der Waals surface area contributed by atoms with E-state index in [9.17, 15) is 18.0 Å². The topological polar surface area (TPSA) is 92.8 Å². The van der Waals surface area contributed by atoms with E-state index in [1.807, 2.05) is 6.92 Å². The molecule has 2 aromatic rings. The van der Waals surface area contributed by atoms with Crippen molar-refractivity contribution in [2.75, 3.05) is 18.5 Å². The zero-order valence-electron chi connectivity index (χ0n) is 17.1. The highest BCUT2D eigenvalue weighted by molar-refractivity contribution is 7.89. The Morgan fingerprint density at radius 2 is 1.73 bits per heavy atom. The summed E-state index contributed by atoms with van der Waals surface area (Å²) in [4.78, 5) is 24.5. The van der Waals surface area contributed by atoms with Crippen molar-refractivity contribution in [2.45, 2.75) is 44.0 Å². The van der Waals surface area contributed by atoms with Gasteiger partial charge in [0.2, 0.25) is 15.9 Å². The molecule has 8 heteroatoms. The third kappa shape index (κ3) is 4.88. The van der Waals surface area contributed by atoms with E-state index in [4.69, 9.17) is 4.74 Å². The molecule has 1 N–H and O–H groups in total. The second kappa shape index (κ2) is 9.40. The monoisotopic (exact) mass is 430 g/mol. The average molecular weight is 431 g/mol. The third-order valence-electron chi connectivity index (χ3n) is 5.06. The van der Waals surface area contributed by atoms with Crippen molar-refractivity contribution in [1.82, 2.24) is 4.31 Å². The van der Waals surface area contributed by atoms with E-state index >= 15 is 0 Å². The van der Waals surface area contributed by atoms with Crippen LogP contribution in [0.5, 0.6) is 5.75 Å². The zero-order valence-corrected chi connectivity index (χ0v) is 17.9. The first kappa shape index (κ1) is 22.0. The molecular formula is C22H26N2O5S. The Labute approximate surface area is 177 Å². The number of carbonyl (C=O) groups is 2. The number of ketones is 1. The second-order valence-corrected chi connectivity index (χ2v) is 9.05. The van der Waals surface area contributed by atoms with Gasteiger partial charge in [-0.15, -0.1) is 0 Å². The van der Waals surface area contributed by atoms with E-state index in [1.54, 1.807) is 24.3 Å². The Hall–Kier alpha value is -2.71. The van der Waals surface area contributed by atoms with Crippen LogP contribution in [-0.4, -0.2) is 43.6 Å². The molecule has 0 aliphatic carbocycles. The third-order valence-corrected chi connectivity index (χ3v) is 6.98. The number of hydrogen-bond acceptors (Lipinski definition) is 5. The van der Waals surface area contributed by atoms with E-state index in [-0.39, 0.29) is 23.1 Å². The van der Waals surface area contributed by atoms with E-state index < -0.39 is 16.1 Å². The number of benzene rings is 2. The highest BCUT2D eigenvalue weighted by atomic mass is 32.2. The molecule has 0 spiro atoms. The molecule has 1 aliphatic rings. The van der Waals surface area contributed by atoms with Crippen molar-refractivity contribution in [2.24, 2.45) is 0 Å². The van der Waals surface area contributed by atoms with Gasteiger partial charge in [-0.2, -0.15) is 4.31 Å². The number of Topliss-reactive ketones (excluding diaryl/α,β-unsaturated/α-hetero) is 1. The van der Waals surface area contributed by atoms with Crippen LogP contribution in [-0.2, 0) is 14.8 Å². The molecule has 7 nitrogen and oxygen atoms in total. The molecule has 1 amide bonds. The molecule has 0 aromatic heterocycles. The minimum Gasteiger partial charge on any atom is -0.494 e. The number of piperidine rings is 1. The van der Waals surface area contributed by atoms with Crippen LogP contribution in [0.15, 0.2) is 53.4 Å². The van der Waals surface area contributed by atoms with Crippen molar-refractivity contribution in [3.8, 4) is 5.75 Å². The standard InChI is InChI=1S/C22H26N2O5S/c1-3-29-19-11-9-18(10-12-19)23-22(26)21-6-4-5-15-24(21)30(27,28)20-13-7-17(8-14-20)16(2)25/h7-14,21H,3-6,15H2,1-2H3,(H,23,26). The minimum atomic E-state index is -3.86. The summed E-state index contributed by atoms with van der Waals surface area (Å²) in [5.74, 6) is 0.207. The van der Waals surface area contributed by atoms with Crippen LogP contribution in [0.2, 0.25) is 0 Å². The Kier molecular flexibility index (Phi) is 6.89. The number of sulfonamides is 1. The molecule has 1 atom stereocenters. The van der Waals surface area contributed by atoms with Crippen LogP contribution in [0, 0.1) is 0 Å². The molecule has 1 fully saturated rings. The molecule has 30 heavy (non-hydrogen) atoms. The SMILES string of the molecule is CCOc1ccc(NC(=O)C2CCCCN2S(=O)(=O)c2ccc(C(C)=O)cc2)cc1. The number of anilines is 1. The zero-order chi connectivity index (χ0) is 21.7. The summed E-state index contributed by atoms with van der Waals surface area (Å²) >= 11 is 0. The van der Waals surface area contributed by atoms with E-state index in [0.29, 0.717) is 36.4 Å². The van der Waals surface area contributed by atoms with Gasteiger partial charge in [-0.1, -0.05) is 18.6 Å². The van der Waals surface area contributed by atoms with Crippen LogP contribution in [0.4, 0.5) is 5.69 Å². The summed E-state index contributed by atoms with van der Waals surface area (Å²) in [6.07, 6.45) is 1.92. The van der Waals surface area contributed by atoms with Crippen LogP contribution in [0.25, 0.3) is 0 Å². The van der Waals surface area contributed by atoms with E-state index in [0.717, 1.165) is 6.42 Å². The van der Waals surface area contributed by atoms with Gasteiger partial charge in [0.1, 0.15) is 11.8 Å². The number of rotatable bonds is 7. The summed E-state index contributed by atoms with van der Waals surface area (Å²) in [5.41, 5.74) is 1.02. The summed E-state index contributed by atoms with van der Waals surface area (Å²) in [5, 5.41) is 2.81. The first-order chi connectivity index (χ1) is 14.3. The van der Waals surface area contributed by atoms with Crippen LogP contribution < -0.4 is 10.1 Å². The number of carbonyl (C=O) groups excluding carboxylic acids is 2. The lowest BCUT2D eigenvalue weighted by Gasteiger charge is -2.33. The Morgan fingerprint density at radius 1 is 1.07 bits per heavy atom. The smallest absolute Gasteiger partial charge is 0.243 e. The summed E-state index contributed by atoms with van der Waals surface area (Å²) < 4.78 is 33.1. The summed E-state index contributed by atoms with van der Waals surface area (Å²) in [6, 6.07) is 12.0. The van der Waals surface area contributed by atoms with Crippen molar-refractivity contribution < 1.29 is 22.7 Å². The van der Waals surface area contributed by atoms with Gasteiger partial charge in [0.15, 0.2) is 5.78 Å². The van der Waals surface area contributed by atoms with Gasteiger partial charge in [-0.25, -0.2) is 8.42 Å². The quantitative estimate of drug-likeness (QED) is 0.679. The van der Waals surface area contributed by atoms with Crippen molar-refractivity contribution in [1.29, 1.82) is 0 Å². The lowest BCUT2D eigenvalue weighted by atomic mass is 10.0. The molecule has 2 aromatic carbocycles. The number of hydrogen-bond donors (Lipinski definition) is 1. The molecule has 160 valence electrons. The fraction of sp³-hybridized carbons (Fsp3) is 0.364. The molecule has 0 saturated carbocycles. The van der Waals surface area contributed by atoms with Gasteiger partial charge in [-0.05, 0) is 63.1 Å². The van der Waals surface area contributed by atoms with Crippen molar-refractivity contribution in [3.63, 3.8) is 0 Å². The minimum absolute atomic E-state index is 0.0771. The fourth-order valence-corrected chi connectivity index (χ4v) is 5.13. The van der Waals surface area contributed by atoms with Crippen LogP contribution >= 0.6 is 0 Å².